The van der Waals surface area contributed by atoms with Crippen LogP contribution in [0.4, 0.5) is 4.39 Å². The molecule has 4 nitrogen and oxygen atoms in total. The second-order valence-electron chi connectivity index (χ2n) is 4.95. The van der Waals surface area contributed by atoms with Crippen molar-refractivity contribution in [1.82, 2.24) is 15.2 Å². The molecular formula is C16H14FN3OS2. The molecule has 0 saturated heterocycles. The average Bonchev–Trinajstić information content (AvgIpc) is 3.20. The maximum absolute atomic E-state index is 12.9. The van der Waals surface area contributed by atoms with Gasteiger partial charge in [0.25, 0.3) is 0 Å². The third-order valence-electron chi connectivity index (χ3n) is 3.21. The van der Waals surface area contributed by atoms with Crippen LogP contribution in [0.5, 0.6) is 0 Å². The van der Waals surface area contributed by atoms with Gasteiger partial charge in [0.05, 0.1) is 5.25 Å². The highest BCUT2D eigenvalue weighted by Crippen LogP contribution is 2.23. The number of carbonyl (C=O) groups is 1. The summed E-state index contributed by atoms with van der Waals surface area (Å²) in [5.74, 6) is 0.352. The molecule has 1 aromatic carbocycles. The molecule has 1 atom stereocenters. The first-order valence-electron chi connectivity index (χ1n) is 7.02. The van der Waals surface area contributed by atoms with Crippen molar-refractivity contribution in [2.24, 2.45) is 0 Å². The van der Waals surface area contributed by atoms with Gasteiger partial charge >= 0.3 is 0 Å². The molecule has 0 radical (unpaired) electrons. The molecule has 2 heterocycles. The number of thiophene rings is 1. The van der Waals surface area contributed by atoms with Crippen molar-refractivity contribution >= 4 is 28.9 Å². The van der Waals surface area contributed by atoms with Crippen LogP contribution in [0.2, 0.25) is 0 Å². The summed E-state index contributed by atoms with van der Waals surface area (Å²) in [6.45, 7) is 1.80. The molecule has 7 heteroatoms. The largest absolute Gasteiger partial charge is 0.293 e. The van der Waals surface area contributed by atoms with E-state index in [2.05, 4.69) is 15.2 Å². The first kappa shape index (κ1) is 15.9. The Morgan fingerprint density at radius 3 is 2.83 bits per heavy atom. The van der Waals surface area contributed by atoms with E-state index < -0.39 is 0 Å². The summed E-state index contributed by atoms with van der Waals surface area (Å²) in [5, 5.41) is 9.26. The minimum Gasteiger partial charge on any atom is -0.293 e. The number of benzene rings is 1. The molecule has 0 fully saturated rings. The maximum Gasteiger partial charge on any atom is 0.209 e. The monoisotopic (exact) mass is 347 g/mol. The van der Waals surface area contributed by atoms with Gasteiger partial charge in [0.1, 0.15) is 11.6 Å². The van der Waals surface area contributed by atoms with Crippen LogP contribution in [0.1, 0.15) is 28.0 Å². The summed E-state index contributed by atoms with van der Waals surface area (Å²) < 4.78 is 12.9. The van der Waals surface area contributed by atoms with Gasteiger partial charge in [-0.3, -0.25) is 9.89 Å². The van der Waals surface area contributed by atoms with Crippen LogP contribution in [0.25, 0.3) is 0 Å². The van der Waals surface area contributed by atoms with Crippen molar-refractivity contribution in [3.63, 3.8) is 0 Å². The predicted molar refractivity (Wildman–Crippen MR) is 89.6 cm³/mol. The third kappa shape index (κ3) is 4.05. The molecule has 1 N–H and O–H groups in total. The number of carbonyl (C=O) groups excluding carboxylic acids is 1. The molecule has 0 aliphatic carbocycles. The van der Waals surface area contributed by atoms with Gasteiger partial charge in [-0.2, -0.15) is 0 Å². The van der Waals surface area contributed by atoms with Crippen LogP contribution in [-0.4, -0.2) is 26.2 Å². The fourth-order valence-electron chi connectivity index (χ4n) is 2.05. The number of H-pyrrole nitrogens is 1. The number of aromatic nitrogens is 3. The smallest absolute Gasteiger partial charge is 0.209 e. The molecule has 3 rings (SSSR count). The standard InChI is InChI=1S/C16H14FN3OS2/c1-10(15(21)11-4-6-12(17)7-5-11)23-16-18-14(19-20-16)9-13-3-2-8-22-13/h2-8,10H,9H2,1H3,(H,18,19,20). The Labute approximate surface area is 141 Å². The second kappa shape index (κ2) is 7.06. The number of nitrogens with zero attached hydrogens (tertiary/aromatic N) is 2. The Hall–Kier alpha value is -1.99. The van der Waals surface area contributed by atoms with Gasteiger partial charge in [0.2, 0.25) is 5.16 Å². The number of rotatable bonds is 6. The van der Waals surface area contributed by atoms with E-state index in [1.807, 2.05) is 17.5 Å². The van der Waals surface area contributed by atoms with Gasteiger partial charge in [-0.15, -0.1) is 16.4 Å². The van der Waals surface area contributed by atoms with Crippen molar-refractivity contribution < 1.29 is 9.18 Å². The maximum atomic E-state index is 12.9. The van der Waals surface area contributed by atoms with Crippen LogP contribution >= 0.6 is 23.1 Å². The van der Waals surface area contributed by atoms with E-state index in [-0.39, 0.29) is 16.9 Å². The van der Waals surface area contributed by atoms with Crippen molar-refractivity contribution in [2.45, 2.75) is 23.8 Å². The molecule has 3 aromatic rings. The van der Waals surface area contributed by atoms with E-state index in [4.69, 9.17) is 0 Å². The van der Waals surface area contributed by atoms with E-state index in [9.17, 15) is 9.18 Å². The van der Waals surface area contributed by atoms with E-state index in [0.717, 1.165) is 5.82 Å². The molecule has 118 valence electrons. The molecule has 0 amide bonds. The van der Waals surface area contributed by atoms with Gasteiger partial charge in [0, 0.05) is 16.9 Å². The average molecular weight is 347 g/mol. The molecule has 0 saturated carbocycles. The summed E-state index contributed by atoms with van der Waals surface area (Å²) in [6.07, 6.45) is 0.700. The first-order chi connectivity index (χ1) is 11.1. The Balaban J connectivity index is 1.63. The van der Waals surface area contributed by atoms with Gasteiger partial charge in [-0.25, -0.2) is 9.37 Å². The van der Waals surface area contributed by atoms with Crippen molar-refractivity contribution in [3.05, 3.63) is 63.9 Å². The molecule has 2 aromatic heterocycles. The van der Waals surface area contributed by atoms with Gasteiger partial charge in [-0.1, -0.05) is 17.8 Å². The zero-order chi connectivity index (χ0) is 16.2. The molecule has 0 bridgehead atoms. The number of thioether (sulfide) groups is 1. The van der Waals surface area contributed by atoms with Crippen LogP contribution < -0.4 is 0 Å². The predicted octanol–water partition coefficient (Wildman–Crippen LogP) is 3.96. The highest BCUT2D eigenvalue weighted by atomic mass is 32.2. The Kier molecular flexibility index (Phi) is 4.88. The lowest BCUT2D eigenvalue weighted by Crippen LogP contribution is -2.13. The molecular weight excluding hydrogens is 333 g/mol. The van der Waals surface area contributed by atoms with Crippen molar-refractivity contribution in [2.75, 3.05) is 0 Å². The molecule has 0 aliphatic rings. The molecule has 1 unspecified atom stereocenters. The van der Waals surface area contributed by atoms with Crippen molar-refractivity contribution in [1.29, 1.82) is 0 Å². The number of hydrogen-bond acceptors (Lipinski definition) is 5. The number of halogens is 1. The van der Waals surface area contributed by atoms with E-state index in [1.165, 1.54) is 40.9 Å². The van der Waals surface area contributed by atoms with E-state index in [0.29, 0.717) is 17.1 Å². The van der Waals surface area contributed by atoms with Crippen LogP contribution in [0, 0.1) is 5.82 Å². The zero-order valence-corrected chi connectivity index (χ0v) is 14.0. The third-order valence-corrected chi connectivity index (χ3v) is 5.05. The summed E-state index contributed by atoms with van der Waals surface area (Å²) in [7, 11) is 0. The highest BCUT2D eigenvalue weighted by molar-refractivity contribution is 8.00. The van der Waals surface area contributed by atoms with Crippen LogP contribution in [-0.2, 0) is 6.42 Å². The van der Waals surface area contributed by atoms with Crippen LogP contribution in [0.3, 0.4) is 0 Å². The Bertz CT molecular complexity index is 784. The summed E-state index contributed by atoms with van der Waals surface area (Å²) in [6, 6.07) is 9.60. The van der Waals surface area contributed by atoms with Gasteiger partial charge in [-0.05, 0) is 42.6 Å². The normalized spacial score (nSPS) is 12.3. The lowest BCUT2D eigenvalue weighted by atomic mass is 10.1. The Morgan fingerprint density at radius 1 is 1.35 bits per heavy atom. The summed E-state index contributed by atoms with van der Waals surface area (Å²) >= 11 is 2.96. The SMILES string of the molecule is CC(Sc1n[nH]c(Cc2cccs2)n1)C(=O)c1ccc(F)cc1. The minimum absolute atomic E-state index is 0.0698. The van der Waals surface area contributed by atoms with Gasteiger partial charge in [0.15, 0.2) is 5.78 Å². The number of aromatic amines is 1. The second-order valence-corrected chi connectivity index (χ2v) is 7.29. The van der Waals surface area contributed by atoms with Crippen molar-refractivity contribution in [3.8, 4) is 0 Å². The lowest BCUT2D eigenvalue weighted by molar-refractivity contribution is 0.0994. The lowest BCUT2D eigenvalue weighted by Gasteiger charge is -2.07. The van der Waals surface area contributed by atoms with Crippen LogP contribution in [0.15, 0.2) is 46.9 Å². The Morgan fingerprint density at radius 2 is 2.13 bits per heavy atom. The fraction of sp³-hybridized carbons (Fsp3) is 0.188. The van der Waals surface area contributed by atoms with E-state index in [1.54, 1.807) is 18.3 Å². The fourth-order valence-corrected chi connectivity index (χ4v) is 3.58. The molecule has 0 aliphatic heterocycles. The minimum atomic E-state index is -0.353. The first-order valence-corrected chi connectivity index (χ1v) is 8.78. The highest BCUT2D eigenvalue weighted by Gasteiger charge is 2.19. The summed E-state index contributed by atoms with van der Waals surface area (Å²) in [5.41, 5.74) is 0.487. The zero-order valence-electron chi connectivity index (χ0n) is 12.3. The molecule has 0 spiro atoms. The topological polar surface area (TPSA) is 58.6 Å². The van der Waals surface area contributed by atoms with E-state index >= 15 is 0 Å². The number of ketones is 1. The van der Waals surface area contributed by atoms with Gasteiger partial charge < -0.3 is 0 Å². The number of hydrogen-bond donors (Lipinski definition) is 1. The summed E-state index contributed by atoms with van der Waals surface area (Å²) in [4.78, 5) is 17.9. The number of Topliss-reactive ketones (excluding diaryl/α,β-unsaturated/α-hetero) is 1. The number of nitrogens with one attached hydrogen (secondary N) is 1. The quantitative estimate of drug-likeness (QED) is 0.542. The molecule has 23 heavy (non-hydrogen) atoms.